The first-order valence-electron chi connectivity index (χ1n) is 8.77. The van der Waals surface area contributed by atoms with E-state index in [-0.39, 0.29) is 28.7 Å². The zero-order valence-electron chi connectivity index (χ0n) is 15.5. The first-order chi connectivity index (χ1) is 12.6. The van der Waals surface area contributed by atoms with Crippen LogP contribution >= 0.6 is 0 Å². The number of hydrogen-bond donors (Lipinski definition) is 2. The molecule has 8 heteroatoms. The molecule has 0 amide bonds. The molecular formula is C19H23F2N3O3. The lowest BCUT2D eigenvalue weighted by molar-refractivity contribution is 0.0694. The molecule has 1 saturated heterocycles. The van der Waals surface area contributed by atoms with Crippen molar-refractivity contribution in [3.8, 4) is 0 Å². The third-order valence-corrected chi connectivity index (χ3v) is 5.20. The maximum absolute atomic E-state index is 14.8. The van der Waals surface area contributed by atoms with Gasteiger partial charge in [0.25, 0.3) is 0 Å². The van der Waals surface area contributed by atoms with Gasteiger partial charge in [-0.15, -0.1) is 0 Å². The maximum atomic E-state index is 14.8. The quantitative estimate of drug-likeness (QED) is 0.852. The van der Waals surface area contributed by atoms with E-state index in [1.54, 1.807) is 13.8 Å². The van der Waals surface area contributed by atoms with Crippen molar-refractivity contribution in [3.05, 3.63) is 39.9 Å². The van der Waals surface area contributed by atoms with E-state index in [1.165, 1.54) is 10.6 Å². The number of aromatic carboxylic acids is 1. The summed E-state index contributed by atoms with van der Waals surface area (Å²) in [6.45, 7) is 4.78. The molecule has 1 aliphatic rings. The van der Waals surface area contributed by atoms with Crippen LogP contribution in [0.4, 0.5) is 14.5 Å². The third kappa shape index (κ3) is 3.18. The highest BCUT2D eigenvalue weighted by molar-refractivity contribution is 5.93. The number of carboxylic acids is 1. The smallest absolute Gasteiger partial charge is 0.341 e. The van der Waals surface area contributed by atoms with Gasteiger partial charge >= 0.3 is 5.97 Å². The zero-order valence-corrected chi connectivity index (χ0v) is 15.5. The number of nitrogens with zero attached hydrogens (tertiary/aromatic N) is 2. The fourth-order valence-corrected chi connectivity index (χ4v) is 3.68. The monoisotopic (exact) mass is 379 g/mol. The van der Waals surface area contributed by atoms with Gasteiger partial charge in [-0.25, -0.2) is 13.6 Å². The van der Waals surface area contributed by atoms with Gasteiger partial charge in [0.15, 0.2) is 0 Å². The Kier molecular flexibility index (Phi) is 4.71. The molecule has 0 spiro atoms. The van der Waals surface area contributed by atoms with Gasteiger partial charge in [-0.2, -0.15) is 0 Å². The van der Waals surface area contributed by atoms with E-state index in [4.69, 9.17) is 5.73 Å². The van der Waals surface area contributed by atoms with E-state index < -0.39 is 35.0 Å². The normalized spacial score (nSPS) is 20.4. The van der Waals surface area contributed by atoms with Gasteiger partial charge in [0.2, 0.25) is 5.43 Å². The number of halogens is 2. The van der Waals surface area contributed by atoms with Crippen molar-refractivity contribution in [2.24, 2.45) is 5.73 Å². The van der Waals surface area contributed by atoms with Crippen molar-refractivity contribution >= 4 is 22.6 Å². The lowest BCUT2D eigenvalue weighted by atomic mass is 10.0. The molecule has 2 atom stereocenters. The van der Waals surface area contributed by atoms with Crippen LogP contribution in [-0.4, -0.2) is 40.9 Å². The number of carboxylic acid groups (broad SMARTS) is 1. The Balaban J connectivity index is 2.35. The molecule has 27 heavy (non-hydrogen) atoms. The minimum Gasteiger partial charge on any atom is -0.477 e. The lowest BCUT2D eigenvalue weighted by Crippen LogP contribution is -2.33. The van der Waals surface area contributed by atoms with Crippen molar-refractivity contribution in [2.75, 3.05) is 18.1 Å². The van der Waals surface area contributed by atoms with Gasteiger partial charge < -0.3 is 20.3 Å². The Morgan fingerprint density at radius 1 is 1.41 bits per heavy atom. The Morgan fingerprint density at radius 3 is 2.59 bits per heavy atom. The van der Waals surface area contributed by atoms with Crippen LogP contribution in [0.5, 0.6) is 0 Å². The van der Waals surface area contributed by atoms with Gasteiger partial charge in [-0.3, -0.25) is 4.79 Å². The first kappa shape index (κ1) is 19.3. The van der Waals surface area contributed by atoms with Crippen LogP contribution in [0.25, 0.3) is 10.9 Å². The van der Waals surface area contributed by atoms with Crippen LogP contribution in [0.2, 0.25) is 0 Å². The molecule has 0 bridgehead atoms. The van der Waals surface area contributed by atoms with E-state index in [0.717, 1.165) is 12.3 Å². The highest BCUT2D eigenvalue weighted by atomic mass is 19.1. The summed E-state index contributed by atoms with van der Waals surface area (Å²) < 4.78 is 29.9. The third-order valence-electron chi connectivity index (χ3n) is 5.20. The lowest BCUT2D eigenvalue weighted by Gasteiger charge is -2.29. The fraction of sp³-hybridized carbons (Fsp3) is 0.474. The SMILES string of the molecule is C[C@H]1C[C@H](N)CN1c1cc2c(cc1F)c(=O)c(C(=O)O)cn2C(C)(C)CF. The Morgan fingerprint density at radius 2 is 2.07 bits per heavy atom. The van der Waals surface area contributed by atoms with Crippen molar-refractivity contribution < 1.29 is 18.7 Å². The number of anilines is 1. The van der Waals surface area contributed by atoms with Crippen LogP contribution < -0.4 is 16.1 Å². The average Bonchev–Trinajstić information content (AvgIpc) is 2.92. The van der Waals surface area contributed by atoms with Gasteiger partial charge in [-0.1, -0.05) is 0 Å². The summed E-state index contributed by atoms with van der Waals surface area (Å²) in [7, 11) is 0. The summed E-state index contributed by atoms with van der Waals surface area (Å²) in [6, 6.07) is 2.46. The van der Waals surface area contributed by atoms with Crippen molar-refractivity contribution in [1.82, 2.24) is 4.57 Å². The van der Waals surface area contributed by atoms with Crippen molar-refractivity contribution in [2.45, 2.75) is 44.8 Å². The molecule has 1 aromatic carbocycles. The zero-order chi connectivity index (χ0) is 20.1. The summed E-state index contributed by atoms with van der Waals surface area (Å²) in [5.74, 6) is -2.07. The van der Waals surface area contributed by atoms with E-state index in [0.29, 0.717) is 13.0 Å². The molecule has 0 saturated carbocycles. The summed E-state index contributed by atoms with van der Waals surface area (Å²) in [6.07, 6.45) is 1.84. The Hall–Kier alpha value is -2.48. The van der Waals surface area contributed by atoms with Crippen molar-refractivity contribution in [3.63, 3.8) is 0 Å². The number of hydrogen-bond acceptors (Lipinski definition) is 4. The van der Waals surface area contributed by atoms with Crippen LogP contribution in [0.3, 0.4) is 0 Å². The number of fused-ring (bicyclic) bond motifs is 1. The predicted molar refractivity (Wildman–Crippen MR) is 99.8 cm³/mol. The number of aromatic nitrogens is 1. The summed E-state index contributed by atoms with van der Waals surface area (Å²) >= 11 is 0. The number of carbonyl (C=O) groups is 1. The molecule has 6 nitrogen and oxygen atoms in total. The molecule has 3 N–H and O–H groups in total. The molecule has 0 aliphatic carbocycles. The predicted octanol–water partition coefficient (Wildman–Crippen LogP) is 2.47. The minimum atomic E-state index is -1.44. The molecule has 1 aliphatic heterocycles. The second-order valence-electron chi connectivity index (χ2n) is 7.81. The fourth-order valence-electron chi connectivity index (χ4n) is 3.68. The topological polar surface area (TPSA) is 88.6 Å². The van der Waals surface area contributed by atoms with Crippen LogP contribution in [0, 0.1) is 5.82 Å². The van der Waals surface area contributed by atoms with Crippen LogP contribution in [0.1, 0.15) is 37.6 Å². The highest BCUT2D eigenvalue weighted by Crippen LogP contribution is 2.32. The van der Waals surface area contributed by atoms with E-state index in [2.05, 4.69) is 0 Å². The van der Waals surface area contributed by atoms with Gasteiger partial charge in [-0.05, 0) is 39.3 Å². The number of nitrogens with two attached hydrogens (primary N) is 1. The summed E-state index contributed by atoms with van der Waals surface area (Å²) in [5.41, 5.74) is 4.12. The summed E-state index contributed by atoms with van der Waals surface area (Å²) in [4.78, 5) is 25.8. The Labute approximate surface area is 155 Å². The maximum Gasteiger partial charge on any atom is 0.341 e. The molecule has 0 radical (unpaired) electrons. The van der Waals surface area contributed by atoms with E-state index in [1.807, 2.05) is 11.8 Å². The molecule has 3 rings (SSSR count). The largest absolute Gasteiger partial charge is 0.477 e. The first-order valence-corrected chi connectivity index (χ1v) is 8.77. The Bertz CT molecular complexity index is 971. The minimum absolute atomic E-state index is 0.0135. The van der Waals surface area contributed by atoms with E-state index >= 15 is 0 Å². The molecule has 0 unspecified atom stereocenters. The molecule has 146 valence electrons. The number of pyridine rings is 1. The highest BCUT2D eigenvalue weighted by Gasteiger charge is 2.31. The molecular weight excluding hydrogens is 356 g/mol. The van der Waals surface area contributed by atoms with Crippen LogP contribution in [0.15, 0.2) is 23.1 Å². The molecule has 1 aromatic heterocycles. The standard InChI is InChI=1S/C19H23F2N3O3/c1-10-4-11(22)7-23(10)16-6-15-12(5-14(16)21)17(25)13(18(26)27)8-24(15)19(2,3)9-20/h5-6,8,10-11H,4,7,9,22H2,1-3H3,(H,26,27)/t10-,11-/m0/s1. The second kappa shape index (κ2) is 6.60. The molecule has 1 fully saturated rings. The number of benzene rings is 1. The second-order valence-corrected chi connectivity index (χ2v) is 7.81. The number of rotatable bonds is 4. The van der Waals surface area contributed by atoms with Gasteiger partial charge in [0.05, 0.1) is 16.7 Å². The van der Waals surface area contributed by atoms with Gasteiger partial charge in [0.1, 0.15) is 18.1 Å². The molecule has 2 heterocycles. The average molecular weight is 379 g/mol. The van der Waals surface area contributed by atoms with E-state index in [9.17, 15) is 23.5 Å². The summed E-state index contributed by atoms with van der Waals surface area (Å²) in [5, 5.41) is 9.24. The molecule has 2 aromatic rings. The van der Waals surface area contributed by atoms with Crippen LogP contribution in [-0.2, 0) is 5.54 Å². The van der Waals surface area contributed by atoms with Crippen molar-refractivity contribution in [1.29, 1.82) is 0 Å². The van der Waals surface area contributed by atoms with Gasteiger partial charge in [0, 0.05) is 30.2 Å². The number of alkyl halides is 1.